The van der Waals surface area contributed by atoms with Crippen LogP contribution in [0.1, 0.15) is 13.3 Å². The number of carbonyl (C=O) groups is 2. The minimum Gasteiger partial charge on any atom is -0.463 e. The summed E-state index contributed by atoms with van der Waals surface area (Å²) in [6, 6.07) is 4.86. The van der Waals surface area contributed by atoms with E-state index in [1.807, 2.05) is 0 Å². The maximum Gasteiger partial charge on any atom is 0.343 e. The van der Waals surface area contributed by atoms with Gasteiger partial charge in [0.25, 0.3) is 10.1 Å². The van der Waals surface area contributed by atoms with E-state index in [1.165, 1.54) is 19.1 Å². The Labute approximate surface area is 120 Å². The van der Waals surface area contributed by atoms with Crippen molar-refractivity contribution >= 4 is 27.6 Å². The smallest absolute Gasteiger partial charge is 0.343 e. The monoisotopic (exact) mass is 312 g/mol. The van der Waals surface area contributed by atoms with Gasteiger partial charge in [0.1, 0.15) is 0 Å². The molecule has 1 aliphatic heterocycles. The highest BCUT2D eigenvalue weighted by Crippen LogP contribution is 2.28. The molecule has 1 heterocycles. The van der Waals surface area contributed by atoms with E-state index in [1.54, 1.807) is 0 Å². The second-order valence-electron chi connectivity index (χ2n) is 4.47. The molecule has 9 heteroatoms. The third-order valence-electron chi connectivity index (χ3n) is 3.09. The summed E-state index contributed by atoms with van der Waals surface area (Å²) in [7, 11) is -4.28. The van der Waals surface area contributed by atoms with Crippen molar-refractivity contribution < 1.29 is 27.3 Å². The standard InChI is InChI=1S/C12H12N2O6S/c1-8(15)12(6-7-20-11(12)16)14-13-9-2-4-10(5-3-9)21(17,18)19/h2-5H,6-7H2,1H3,(H,17,18,19)/t12-/m1/s1. The van der Waals surface area contributed by atoms with E-state index in [0.717, 1.165) is 12.1 Å². The van der Waals surface area contributed by atoms with Crippen LogP contribution in [0.25, 0.3) is 0 Å². The number of cyclic esters (lactones) is 1. The Hall–Kier alpha value is -2.13. The number of ether oxygens (including phenoxy) is 1. The molecular weight excluding hydrogens is 300 g/mol. The second kappa shape index (κ2) is 5.34. The van der Waals surface area contributed by atoms with Gasteiger partial charge >= 0.3 is 5.97 Å². The SMILES string of the molecule is CC(=O)[C@]1(N=Nc2ccc(S(=O)(=O)O)cc2)CCOC1=O. The highest BCUT2D eigenvalue weighted by Gasteiger charge is 2.49. The molecule has 0 saturated carbocycles. The van der Waals surface area contributed by atoms with Crippen LogP contribution in [0, 0.1) is 0 Å². The number of ketones is 1. The quantitative estimate of drug-likeness (QED) is 0.387. The maximum absolute atomic E-state index is 11.6. The third kappa shape index (κ3) is 2.98. The molecule has 0 amide bonds. The largest absolute Gasteiger partial charge is 0.463 e. The van der Waals surface area contributed by atoms with Crippen LogP contribution in [0.5, 0.6) is 0 Å². The lowest BCUT2D eigenvalue weighted by Gasteiger charge is -2.13. The van der Waals surface area contributed by atoms with Crippen molar-refractivity contribution in [2.24, 2.45) is 10.2 Å². The topological polar surface area (TPSA) is 122 Å². The van der Waals surface area contributed by atoms with Gasteiger partial charge in [0, 0.05) is 6.42 Å². The summed E-state index contributed by atoms with van der Waals surface area (Å²) in [5.41, 5.74) is -1.38. The number of esters is 1. The van der Waals surface area contributed by atoms with Crippen LogP contribution in [0.15, 0.2) is 39.4 Å². The van der Waals surface area contributed by atoms with Crippen LogP contribution in [0.4, 0.5) is 5.69 Å². The van der Waals surface area contributed by atoms with E-state index >= 15 is 0 Å². The molecule has 1 saturated heterocycles. The van der Waals surface area contributed by atoms with Crippen molar-refractivity contribution in [3.8, 4) is 0 Å². The highest BCUT2D eigenvalue weighted by atomic mass is 32.2. The van der Waals surface area contributed by atoms with Gasteiger partial charge in [0.15, 0.2) is 5.78 Å². The zero-order valence-corrected chi connectivity index (χ0v) is 11.8. The predicted molar refractivity (Wildman–Crippen MR) is 69.8 cm³/mol. The number of nitrogens with zero attached hydrogens (tertiary/aromatic N) is 2. The van der Waals surface area contributed by atoms with Crippen molar-refractivity contribution in [1.29, 1.82) is 0 Å². The summed E-state index contributed by atoms with van der Waals surface area (Å²) >= 11 is 0. The lowest BCUT2D eigenvalue weighted by molar-refractivity contribution is -0.145. The van der Waals surface area contributed by atoms with Crippen LogP contribution in [0.3, 0.4) is 0 Å². The lowest BCUT2D eigenvalue weighted by Crippen LogP contribution is -2.39. The molecule has 2 rings (SSSR count). The first-order valence-corrected chi connectivity index (χ1v) is 7.38. The van der Waals surface area contributed by atoms with Gasteiger partial charge in [-0.05, 0) is 31.2 Å². The summed E-state index contributed by atoms with van der Waals surface area (Å²) < 4.78 is 35.4. The fourth-order valence-electron chi connectivity index (χ4n) is 1.82. The Balaban J connectivity index is 2.28. The van der Waals surface area contributed by atoms with Crippen molar-refractivity contribution in [3.05, 3.63) is 24.3 Å². The molecule has 1 aliphatic rings. The molecule has 0 aromatic heterocycles. The minimum atomic E-state index is -4.28. The predicted octanol–water partition coefficient (Wildman–Crippen LogP) is 1.29. The molecule has 1 aromatic rings. The molecule has 0 bridgehead atoms. The number of Topliss-reactive ketones (excluding diaryl/α,β-unsaturated/α-hetero) is 1. The molecule has 0 radical (unpaired) electrons. The van der Waals surface area contributed by atoms with Gasteiger partial charge < -0.3 is 4.74 Å². The molecule has 112 valence electrons. The molecule has 1 fully saturated rings. The number of rotatable bonds is 4. The Morgan fingerprint density at radius 1 is 1.33 bits per heavy atom. The number of hydrogen-bond donors (Lipinski definition) is 1. The van der Waals surface area contributed by atoms with E-state index in [2.05, 4.69) is 10.2 Å². The fourth-order valence-corrected chi connectivity index (χ4v) is 2.30. The van der Waals surface area contributed by atoms with Gasteiger partial charge in [0.05, 0.1) is 17.2 Å². The van der Waals surface area contributed by atoms with Gasteiger partial charge in [-0.3, -0.25) is 9.35 Å². The Kier molecular flexibility index (Phi) is 3.88. The number of carbonyl (C=O) groups excluding carboxylic acids is 2. The van der Waals surface area contributed by atoms with E-state index in [-0.39, 0.29) is 23.6 Å². The molecule has 0 aliphatic carbocycles. The lowest BCUT2D eigenvalue weighted by atomic mass is 9.95. The molecule has 0 unspecified atom stereocenters. The van der Waals surface area contributed by atoms with E-state index in [0.29, 0.717) is 0 Å². The summed E-state index contributed by atoms with van der Waals surface area (Å²) in [5, 5.41) is 7.57. The van der Waals surface area contributed by atoms with E-state index in [9.17, 15) is 18.0 Å². The average molecular weight is 312 g/mol. The molecule has 21 heavy (non-hydrogen) atoms. The van der Waals surface area contributed by atoms with Gasteiger partial charge in [-0.15, -0.1) is 0 Å². The summed E-state index contributed by atoms with van der Waals surface area (Å²) in [5.74, 6) is -1.21. The van der Waals surface area contributed by atoms with Gasteiger partial charge in [0.2, 0.25) is 5.54 Å². The first-order valence-electron chi connectivity index (χ1n) is 5.94. The van der Waals surface area contributed by atoms with Crippen LogP contribution in [0.2, 0.25) is 0 Å². The summed E-state index contributed by atoms with van der Waals surface area (Å²) in [6.45, 7) is 1.33. The van der Waals surface area contributed by atoms with Gasteiger partial charge in [-0.25, -0.2) is 4.79 Å². The average Bonchev–Trinajstić information content (AvgIpc) is 2.78. The van der Waals surface area contributed by atoms with E-state index < -0.39 is 27.4 Å². The summed E-state index contributed by atoms with van der Waals surface area (Å²) in [4.78, 5) is 23.0. The van der Waals surface area contributed by atoms with Crippen molar-refractivity contribution in [3.63, 3.8) is 0 Å². The van der Waals surface area contributed by atoms with Crippen LogP contribution in [-0.2, 0) is 24.4 Å². The second-order valence-corrected chi connectivity index (χ2v) is 5.89. The Bertz CT molecular complexity index is 710. The van der Waals surface area contributed by atoms with Crippen LogP contribution in [-0.4, -0.2) is 36.9 Å². The molecule has 1 atom stereocenters. The van der Waals surface area contributed by atoms with Crippen molar-refractivity contribution in [2.45, 2.75) is 23.8 Å². The van der Waals surface area contributed by atoms with Gasteiger partial charge in [-0.2, -0.15) is 18.6 Å². The number of benzene rings is 1. The molecule has 1 aromatic carbocycles. The molecule has 0 spiro atoms. The Morgan fingerprint density at radius 3 is 2.38 bits per heavy atom. The van der Waals surface area contributed by atoms with Crippen LogP contribution >= 0.6 is 0 Å². The fraction of sp³-hybridized carbons (Fsp3) is 0.333. The first-order chi connectivity index (χ1) is 9.75. The van der Waals surface area contributed by atoms with E-state index in [4.69, 9.17) is 9.29 Å². The summed E-state index contributed by atoms with van der Waals surface area (Å²) in [6.07, 6.45) is 0.119. The van der Waals surface area contributed by atoms with Gasteiger partial charge in [-0.1, -0.05) is 0 Å². The zero-order valence-electron chi connectivity index (χ0n) is 11.0. The maximum atomic E-state index is 11.6. The third-order valence-corrected chi connectivity index (χ3v) is 3.96. The zero-order chi connectivity index (χ0) is 15.7. The van der Waals surface area contributed by atoms with Crippen molar-refractivity contribution in [1.82, 2.24) is 0 Å². The molecular formula is C12H12N2O6S. The minimum absolute atomic E-state index is 0.0964. The number of azo groups is 1. The Morgan fingerprint density at radius 2 is 1.95 bits per heavy atom. The number of hydrogen-bond acceptors (Lipinski definition) is 7. The highest BCUT2D eigenvalue weighted by molar-refractivity contribution is 7.85. The van der Waals surface area contributed by atoms with Crippen LogP contribution < -0.4 is 0 Å². The normalized spacial score (nSPS) is 22.5. The van der Waals surface area contributed by atoms with Crippen molar-refractivity contribution in [2.75, 3.05) is 6.61 Å². The molecule has 8 nitrogen and oxygen atoms in total. The molecule has 1 N–H and O–H groups in total. The first kappa shape index (κ1) is 15.3.